The van der Waals surface area contributed by atoms with Gasteiger partial charge in [0, 0.05) is 12.5 Å². The highest BCUT2D eigenvalue weighted by Gasteiger charge is 2.42. The van der Waals surface area contributed by atoms with Crippen LogP contribution < -0.4 is 0 Å². The van der Waals surface area contributed by atoms with Crippen molar-refractivity contribution in [3.63, 3.8) is 0 Å². The highest BCUT2D eigenvalue weighted by atomic mass is 28.4. The van der Waals surface area contributed by atoms with Crippen molar-refractivity contribution in [3.05, 3.63) is 36.2 Å². The summed E-state index contributed by atoms with van der Waals surface area (Å²) in [6.07, 6.45) is 8.50. The van der Waals surface area contributed by atoms with Crippen molar-refractivity contribution < 1.29 is 23.1 Å². The van der Waals surface area contributed by atoms with Gasteiger partial charge in [-0.1, -0.05) is 58.9 Å². The molecule has 0 rings (SSSR count). The second-order valence-electron chi connectivity index (χ2n) is 9.27. The largest absolute Gasteiger partial charge is 0.413 e. The summed E-state index contributed by atoms with van der Waals surface area (Å²) >= 11 is 0. The maximum atomic E-state index is 12.9. The number of carbonyl (C=O) groups excluding carboxylic acids is 1. The van der Waals surface area contributed by atoms with E-state index in [0.29, 0.717) is 19.8 Å². The van der Waals surface area contributed by atoms with Crippen LogP contribution in [0.15, 0.2) is 36.2 Å². The molecule has 0 aliphatic rings. The molecular formula is C24H43FO4Si. The van der Waals surface area contributed by atoms with Gasteiger partial charge in [-0.05, 0) is 44.0 Å². The zero-order valence-electron chi connectivity index (χ0n) is 20.4. The van der Waals surface area contributed by atoms with Gasteiger partial charge in [0.2, 0.25) is 0 Å². The third-order valence-corrected chi connectivity index (χ3v) is 10.3. The molecule has 30 heavy (non-hydrogen) atoms. The fourth-order valence-corrected chi connectivity index (χ4v) is 4.13. The van der Waals surface area contributed by atoms with E-state index in [2.05, 4.69) is 60.7 Å². The maximum absolute atomic E-state index is 12.9. The van der Waals surface area contributed by atoms with Crippen molar-refractivity contribution in [1.29, 1.82) is 0 Å². The van der Waals surface area contributed by atoms with E-state index in [1.165, 1.54) is 6.08 Å². The van der Waals surface area contributed by atoms with Gasteiger partial charge in [-0.25, -0.2) is 4.39 Å². The third-order valence-electron chi connectivity index (χ3n) is 5.83. The highest BCUT2D eigenvalue weighted by molar-refractivity contribution is 6.74. The molecule has 0 heterocycles. The smallest absolute Gasteiger partial charge is 0.192 e. The van der Waals surface area contributed by atoms with Gasteiger partial charge in [-0.2, -0.15) is 0 Å². The molecule has 4 atom stereocenters. The molecule has 0 saturated carbocycles. The van der Waals surface area contributed by atoms with E-state index in [4.69, 9.17) is 13.9 Å². The molecule has 0 fully saturated rings. The van der Waals surface area contributed by atoms with Crippen LogP contribution in [0.25, 0.3) is 0 Å². The van der Waals surface area contributed by atoms with E-state index in [9.17, 15) is 9.18 Å². The zero-order chi connectivity index (χ0) is 23.4. The Hall–Kier alpha value is -1.08. The molecule has 0 aromatic rings. The number of ether oxygens (including phenoxy) is 2. The van der Waals surface area contributed by atoms with Crippen molar-refractivity contribution in [2.24, 2.45) is 11.8 Å². The Balaban J connectivity index is 5.38. The Bertz CT molecular complexity index is 578. The summed E-state index contributed by atoms with van der Waals surface area (Å²) in [6, 6.07) is 0. The van der Waals surface area contributed by atoms with Gasteiger partial charge in [0.15, 0.2) is 20.4 Å². The number of halogens is 1. The van der Waals surface area contributed by atoms with Crippen molar-refractivity contribution in [3.8, 4) is 0 Å². The second kappa shape index (κ2) is 14.1. The van der Waals surface area contributed by atoms with Gasteiger partial charge >= 0.3 is 0 Å². The molecule has 4 nitrogen and oxygen atoms in total. The number of hydrogen-bond acceptors (Lipinski definition) is 4. The van der Waals surface area contributed by atoms with Crippen LogP contribution in [-0.2, 0) is 18.7 Å². The fraction of sp³-hybridized carbons (Fsp3) is 0.708. The van der Waals surface area contributed by atoms with Gasteiger partial charge in [0.05, 0.1) is 25.4 Å². The number of aldehydes is 1. The lowest BCUT2D eigenvalue weighted by Gasteiger charge is -2.43. The van der Waals surface area contributed by atoms with Crippen molar-refractivity contribution in [1.82, 2.24) is 0 Å². The van der Waals surface area contributed by atoms with Crippen LogP contribution in [0.5, 0.6) is 0 Å². The van der Waals surface area contributed by atoms with Crippen LogP contribution >= 0.6 is 0 Å². The summed E-state index contributed by atoms with van der Waals surface area (Å²) in [5, 5.41) is 0.102. The molecule has 0 aliphatic heterocycles. The number of hydrogen-bond donors (Lipinski definition) is 0. The normalized spacial score (nSPS) is 18.0. The average molecular weight is 443 g/mol. The van der Waals surface area contributed by atoms with E-state index in [1.54, 1.807) is 6.08 Å². The molecule has 0 radical (unpaired) electrons. The van der Waals surface area contributed by atoms with Gasteiger partial charge in [0.1, 0.15) is 0 Å². The number of rotatable bonds is 14. The first kappa shape index (κ1) is 28.9. The van der Waals surface area contributed by atoms with Gasteiger partial charge in [0.25, 0.3) is 0 Å². The van der Waals surface area contributed by atoms with Gasteiger partial charge < -0.3 is 13.9 Å². The maximum Gasteiger partial charge on any atom is 0.192 e. The lowest BCUT2D eigenvalue weighted by atomic mass is 9.89. The molecule has 0 unspecified atom stereocenters. The molecule has 0 aromatic carbocycles. The Morgan fingerprint density at radius 1 is 1.07 bits per heavy atom. The van der Waals surface area contributed by atoms with Crippen molar-refractivity contribution in [2.45, 2.75) is 78.8 Å². The molecule has 0 N–H and O–H groups in total. The van der Waals surface area contributed by atoms with Crippen LogP contribution in [0.3, 0.4) is 0 Å². The van der Waals surface area contributed by atoms with E-state index in [0.717, 1.165) is 6.08 Å². The standard InChI is InChI=1S/C24H43FO4Si/c1-10-27-16-17-28-21(4)20(3)23(29-30(8,9)24(5,6)7)19(2)14-12-11-13-15-22(25)18-26/h11-15,18-21,23H,10,16-17H2,1-9H3/b13-11+,14-12+,22-15-/t19-,20-,21-,23+/m0/s1. The molecule has 174 valence electrons. The first-order valence-electron chi connectivity index (χ1n) is 10.9. The predicted molar refractivity (Wildman–Crippen MR) is 126 cm³/mol. The van der Waals surface area contributed by atoms with E-state index < -0.39 is 14.1 Å². The summed E-state index contributed by atoms with van der Waals surface area (Å²) in [7, 11) is -1.99. The molecule has 6 heteroatoms. The first-order chi connectivity index (χ1) is 13.9. The average Bonchev–Trinajstić information content (AvgIpc) is 2.67. The summed E-state index contributed by atoms with van der Waals surface area (Å²) in [6.45, 7) is 21.4. The minimum atomic E-state index is -1.99. The number of carbonyl (C=O) groups is 1. The lowest BCUT2D eigenvalue weighted by molar-refractivity contribution is -0.106. The van der Waals surface area contributed by atoms with Crippen LogP contribution in [0, 0.1) is 11.8 Å². The Morgan fingerprint density at radius 3 is 2.23 bits per heavy atom. The van der Waals surface area contributed by atoms with Crippen molar-refractivity contribution in [2.75, 3.05) is 19.8 Å². The van der Waals surface area contributed by atoms with Crippen LogP contribution in [0.4, 0.5) is 4.39 Å². The summed E-state index contributed by atoms with van der Waals surface area (Å²) in [5.41, 5.74) is 0. The Kier molecular flexibility index (Phi) is 13.6. The first-order valence-corrected chi connectivity index (χ1v) is 13.8. The summed E-state index contributed by atoms with van der Waals surface area (Å²) < 4.78 is 31.1. The SMILES string of the molecule is CCOCCO[C@@H](C)[C@H](C)[C@H](O[Si](C)(C)C(C)(C)C)[C@@H](C)/C=C/C=C/C=C(\F)C=O. The molecule has 0 saturated heterocycles. The molecule has 0 aromatic heterocycles. The number of allylic oxidation sites excluding steroid dienone is 5. The highest BCUT2D eigenvalue weighted by Crippen LogP contribution is 2.39. The Labute approximate surface area is 184 Å². The summed E-state index contributed by atoms with van der Waals surface area (Å²) in [4.78, 5) is 10.3. The van der Waals surface area contributed by atoms with E-state index in [-0.39, 0.29) is 35.4 Å². The predicted octanol–water partition coefficient (Wildman–Crippen LogP) is 6.26. The quantitative estimate of drug-likeness (QED) is 0.105. The topological polar surface area (TPSA) is 44.8 Å². The van der Waals surface area contributed by atoms with Crippen LogP contribution in [0.2, 0.25) is 18.1 Å². The minimum Gasteiger partial charge on any atom is -0.413 e. The van der Waals surface area contributed by atoms with Crippen molar-refractivity contribution >= 4 is 14.6 Å². The van der Waals surface area contributed by atoms with Gasteiger partial charge in [-0.3, -0.25) is 4.79 Å². The second-order valence-corrected chi connectivity index (χ2v) is 14.0. The molecular weight excluding hydrogens is 399 g/mol. The molecule has 0 spiro atoms. The molecule has 0 amide bonds. The third kappa shape index (κ3) is 10.8. The molecule has 0 bridgehead atoms. The minimum absolute atomic E-state index is 0.0140. The van der Waals surface area contributed by atoms with E-state index >= 15 is 0 Å². The van der Waals surface area contributed by atoms with E-state index in [1.807, 2.05) is 13.0 Å². The van der Waals surface area contributed by atoms with Crippen LogP contribution in [-0.4, -0.2) is 46.6 Å². The summed E-state index contributed by atoms with van der Waals surface area (Å²) in [5.74, 6) is -0.480. The molecule has 0 aliphatic carbocycles. The zero-order valence-corrected chi connectivity index (χ0v) is 21.4. The Morgan fingerprint density at radius 2 is 1.70 bits per heavy atom. The van der Waals surface area contributed by atoms with Crippen LogP contribution in [0.1, 0.15) is 48.5 Å². The monoisotopic (exact) mass is 442 g/mol. The van der Waals surface area contributed by atoms with Gasteiger partial charge in [-0.15, -0.1) is 0 Å². The lowest BCUT2D eigenvalue weighted by Crippen LogP contribution is -2.49. The fourth-order valence-electron chi connectivity index (χ4n) is 2.67.